The van der Waals surface area contributed by atoms with Crippen LogP contribution < -0.4 is 0 Å². The number of non-ortho nitro benzene ring substituents is 1. The van der Waals surface area contributed by atoms with E-state index < -0.39 is 4.92 Å². The van der Waals surface area contributed by atoms with Gasteiger partial charge in [-0.05, 0) is 46.9 Å². The molecule has 4 aromatic carbocycles. The number of nitriles is 1. The van der Waals surface area contributed by atoms with Crippen LogP contribution in [0.4, 0.5) is 5.69 Å². The summed E-state index contributed by atoms with van der Waals surface area (Å²) in [4.78, 5) is 24.0. The molecule has 180 valence electrons. The van der Waals surface area contributed by atoms with Gasteiger partial charge in [0.1, 0.15) is 6.07 Å². The molecule has 0 spiro atoms. The lowest BCUT2D eigenvalue weighted by atomic mass is 9.84. The van der Waals surface area contributed by atoms with E-state index in [0.29, 0.717) is 22.3 Å². The average Bonchev–Trinajstić information content (AvgIpc) is 2.95. The highest BCUT2D eigenvalue weighted by molar-refractivity contribution is 6.09. The van der Waals surface area contributed by atoms with E-state index in [1.54, 1.807) is 24.3 Å². The van der Waals surface area contributed by atoms with Crippen LogP contribution in [0.5, 0.6) is 0 Å². The maximum atomic E-state index is 13.3. The molecule has 0 atom stereocenters. The lowest BCUT2D eigenvalue weighted by Crippen LogP contribution is -2.04. The summed E-state index contributed by atoms with van der Waals surface area (Å²) in [6.07, 6.45) is 0.148. The molecule has 0 aliphatic heterocycles. The molecule has 0 saturated heterocycles. The third-order valence-corrected chi connectivity index (χ3v) is 6.17. The molecule has 37 heavy (non-hydrogen) atoms. The van der Waals surface area contributed by atoms with Crippen molar-refractivity contribution >= 4 is 28.2 Å². The van der Waals surface area contributed by atoms with Crippen LogP contribution in [-0.2, 0) is 0 Å². The Morgan fingerprint density at radius 3 is 1.70 bits per heavy atom. The van der Waals surface area contributed by atoms with Crippen molar-refractivity contribution in [3.63, 3.8) is 0 Å². The number of hydrogen-bond acceptors (Lipinski definition) is 4. The molecule has 0 aliphatic carbocycles. The van der Waals surface area contributed by atoms with E-state index in [1.807, 2.05) is 85.8 Å². The minimum atomic E-state index is -0.467. The second kappa shape index (κ2) is 11.6. The summed E-state index contributed by atoms with van der Waals surface area (Å²) in [5.74, 6) is -0.0277. The molecular formula is C32H24N2O3. The van der Waals surface area contributed by atoms with Gasteiger partial charge in [0.2, 0.25) is 0 Å². The van der Waals surface area contributed by atoms with Crippen molar-refractivity contribution in [1.82, 2.24) is 0 Å². The number of rotatable bonds is 8. The number of allylic oxidation sites excluding steroid dienone is 4. The van der Waals surface area contributed by atoms with Crippen LogP contribution in [0.25, 0.3) is 16.7 Å². The summed E-state index contributed by atoms with van der Waals surface area (Å²) < 4.78 is 0. The van der Waals surface area contributed by atoms with E-state index in [-0.39, 0.29) is 17.9 Å². The standard InChI is InChI=1S/C32H24N2O3/c1-23(29(24-11-5-2-6-12-24)21-31(35)26-13-7-3-8-14-26)32(27-15-9-4-10-16-27)30(22-33)25-17-19-28(20-18-25)34(36)37/h2-20H,21H2,1H3/b29-23-,32-30+. The molecule has 5 heteroatoms. The molecule has 0 heterocycles. The lowest BCUT2D eigenvalue weighted by molar-refractivity contribution is -0.384. The first-order valence-electron chi connectivity index (χ1n) is 11.8. The van der Waals surface area contributed by atoms with Gasteiger partial charge in [-0.25, -0.2) is 0 Å². The second-order valence-electron chi connectivity index (χ2n) is 8.47. The zero-order valence-electron chi connectivity index (χ0n) is 20.3. The maximum absolute atomic E-state index is 13.3. The molecular weight excluding hydrogens is 460 g/mol. The SMILES string of the molecule is CC(=C(\CC(=O)c1ccccc1)c1ccccc1)/C(=C(/C#N)c1ccc([N+](=O)[O-])cc1)c1ccccc1. The van der Waals surface area contributed by atoms with Gasteiger partial charge in [-0.2, -0.15) is 5.26 Å². The van der Waals surface area contributed by atoms with Crippen molar-refractivity contribution < 1.29 is 9.72 Å². The molecule has 0 fully saturated rings. The zero-order valence-corrected chi connectivity index (χ0v) is 20.3. The highest BCUT2D eigenvalue weighted by Crippen LogP contribution is 2.38. The number of nitro groups is 1. The Morgan fingerprint density at radius 2 is 1.22 bits per heavy atom. The number of nitro benzene ring substituents is 1. The highest BCUT2D eigenvalue weighted by Gasteiger charge is 2.20. The monoisotopic (exact) mass is 484 g/mol. The van der Waals surface area contributed by atoms with Crippen molar-refractivity contribution in [2.24, 2.45) is 0 Å². The summed E-state index contributed by atoms with van der Waals surface area (Å²) in [6.45, 7) is 1.92. The van der Waals surface area contributed by atoms with E-state index in [2.05, 4.69) is 6.07 Å². The number of benzene rings is 4. The van der Waals surface area contributed by atoms with Crippen LogP contribution in [0.2, 0.25) is 0 Å². The van der Waals surface area contributed by atoms with Gasteiger partial charge >= 0.3 is 0 Å². The maximum Gasteiger partial charge on any atom is 0.269 e. The second-order valence-corrected chi connectivity index (χ2v) is 8.47. The van der Waals surface area contributed by atoms with E-state index in [9.17, 15) is 20.2 Å². The Hall–Kier alpha value is -5.08. The molecule has 0 aliphatic rings. The summed E-state index contributed by atoms with van der Waals surface area (Å²) >= 11 is 0. The summed E-state index contributed by atoms with van der Waals surface area (Å²) in [7, 11) is 0. The van der Waals surface area contributed by atoms with Gasteiger partial charge < -0.3 is 0 Å². The van der Waals surface area contributed by atoms with Gasteiger partial charge in [0, 0.05) is 29.7 Å². The predicted molar refractivity (Wildman–Crippen MR) is 146 cm³/mol. The number of nitrogens with zero attached hydrogens (tertiary/aromatic N) is 2. The molecule has 0 N–H and O–H groups in total. The number of carbonyl (C=O) groups excluding carboxylic acids is 1. The Balaban J connectivity index is 1.97. The molecule has 0 amide bonds. The number of ketones is 1. The Bertz CT molecular complexity index is 1510. The summed E-state index contributed by atoms with van der Waals surface area (Å²) in [6, 6.07) is 36.6. The van der Waals surface area contributed by atoms with Gasteiger partial charge in [0.15, 0.2) is 5.78 Å². The van der Waals surface area contributed by atoms with Crippen molar-refractivity contribution in [2.45, 2.75) is 13.3 Å². The molecule has 0 radical (unpaired) electrons. The first kappa shape index (κ1) is 25.0. The van der Waals surface area contributed by atoms with Crippen LogP contribution in [-0.4, -0.2) is 10.7 Å². The molecule has 0 unspecified atom stereocenters. The fraction of sp³-hybridized carbons (Fsp3) is 0.0625. The number of hydrogen-bond donors (Lipinski definition) is 0. The molecule has 0 bridgehead atoms. The Labute approximate surface area is 215 Å². The van der Waals surface area contributed by atoms with Crippen molar-refractivity contribution in [2.75, 3.05) is 0 Å². The molecule has 0 aromatic heterocycles. The summed E-state index contributed by atoms with van der Waals surface area (Å²) in [5.41, 5.74) is 5.48. The number of Topliss-reactive ketones (excluding diaryl/α,β-unsaturated/α-hetero) is 1. The fourth-order valence-electron chi connectivity index (χ4n) is 4.30. The quantitative estimate of drug-likeness (QED) is 0.0638. The highest BCUT2D eigenvalue weighted by atomic mass is 16.6. The van der Waals surface area contributed by atoms with Gasteiger partial charge in [-0.1, -0.05) is 91.0 Å². The van der Waals surface area contributed by atoms with Crippen LogP contribution in [0, 0.1) is 21.4 Å². The summed E-state index contributed by atoms with van der Waals surface area (Å²) in [5, 5.41) is 21.5. The van der Waals surface area contributed by atoms with E-state index in [4.69, 9.17) is 0 Å². The minimum Gasteiger partial charge on any atom is -0.294 e. The molecule has 4 rings (SSSR count). The van der Waals surface area contributed by atoms with Crippen LogP contribution in [0.3, 0.4) is 0 Å². The predicted octanol–water partition coefficient (Wildman–Crippen LogP) is 7.78. The first-order chi connectivity index (χ1) is 18.0. The average molecular weight is 485 g/mol. The van der Waals surface area contributed by atoms with Gasteiger partial charge in [0.25, 0.3) is 5.69 Å². The lowest BCUT2D eigenvalue weighted by Gasteiger charge is -2.18. The smallest absolute Gasteiger partial charge is 0.269 e. The molecule has 5 nitrogen and oxygen atoms in total. The van der Waals surface area contributed by atoms with Crippen molar-refractivity contribution in [3.8, 4) is 6.07 Å². The van der Waals surface area contributed by atoms with Gasteiger partial charge in [-0.3, -0.25) is 14.9 Å². The first-order valence-corrected chi connectivity index (χ1v) is 11.8. The Morgan fingerprint density at radius 1 is 0.730 bits per heavy atom. The Kier molecular flexibility index (Phi) is 7.82. The molecule has 4 aromatic rings. The van der Waals surface area contributed by atoms with E-state index in [1.165, 1.54) is 12.1 Å². The van der Waals surface area contributed by atoms with E-state index >= 15 is 0 Å². The van der Waals surface area contributed by atoms with Crippen LogP contribution >= 0.6 is 0 Å². The van der Waals surface area contributed by atoms with Gasteiger partial charge in [0.05, 0.1) is 10.5 Å². The third kappa shape index (κ3) is 5.77. The minimum absolute atomic E-state index is 0.0277. The van der Waals surface area contributed by atoms with Crippen molar-refractivity contribution in [3.05, 3.63) is 153 Å². The fourth-order valence-corrected chi connectivity index (χ4v) is 4.30. The topological polar surface area (TPSA) is 84.0 Å². The normalized spacial score (nSPS) is 12.1. The van der Waals surface area contributed by atoms with E-state index in [0.717, 1.165) is 22.3 Å². The van der Waals surface area contributed by atoms with Crippen molar-refractivity contribution in [1.29, 1.82) is 5.26 Å². The largest absolute Gasteiger partial charge is 0.294 e. The number of carbonyl (C=O) groups is 1. The zero-order chi connectivity index (χ0) is 26.2. The van der Waals surface area contributed by atoms with Gasteiger partial charge in [-0.15, -0.1) is 0 Å². The molecule has 0 saturated carbocycles. The van der Waals surface area contributed by atoms with Crippen LogP contribution in [0.1, 0.15) is 40.4 Å². The third-order valence-electron chi connectivity index (χ3n) is 6.17. The van der Waals surface area contributed by atoms with Crippen LogP contribution in [0.15, 0.2) is 121 Å².